The summed E-state index contributed by atoms with van der Waals surface area (Å²) in [6.45, 7) is 2.40. The number of β-amino-alcohol motifs (C(OH)–C–C–N with tert-alkyl or cyclic N) is 1. The summed E-state index contributed by atoms with van der Waals surface area (Å²) < 4.78 is 16.1. The van der Waals surface area contributed by atoms with Crippen LogP contribution in [0.15, 0.2) is 0 Å². The number of hydrogen-bond acceptors (Lipinski definition) is 4. The van der Waals surface area contributed by atoms with Crippen LogP contribution in [0.1, 0.15) is 19.8 Å². The van der Waals surface area contributed by atoms with Crippen molar-refractivity contribution in [3.8, 4) is 0 Å². The lowest BCUT2D eigenvalue weighted by atomic mass is 10.2. The molecular weight excluding hydrogens is 221 g/mol. The summed E-state index contributed by atoms with van der Waals surface area (Å²) >= 11 is 0. The molecule has 15 heavy (non-hydrogen) atoms. The molecule has 6 nitrogen and oxygen atoms in total. The fraction of sp³-hybridized carbons (Fsp3) is 1.00. The molecular formula is C8H18NO5P. The minimum absolute atomic E-state index is 0.0133. The minimum Gasteiger partial charge on any atom is -0.392 e. The minimum atomic E-state index is -4.16. The van der Waals surface area contributed by atoms with Gasteiger partial charge < -0.3 is 24.9 Å². The lowest BCUT2D eigenvalue weighted by Gasteiger charge is -2.19. The highest BCUT2D eigenvalue weighted by Gasteiger charge is 2.30. The quantitative estimate of drug-likeness (QED) is 0.489. The number of nitrogens with one attached hydrogen (secondary N) is 1. The van der Waals surface area contributed by atoms with Gasteiger partial charge in [0.25, 0.3) is 0 Å². The van der Waals surface area contributed by atoms with Gasteiger partial charge >= 0.3 is 7.60 Å². The first-order chi connectivity index (χ1) is 6.93. The van der Waals surface area contributed by atoms with Gasteiger partial charge in [-0.05, 0) is 12.8 Å². The topological polar surface area (TPSA) is 99.0 Å². The molecule has 1 aliphatic rings. The summed E-state index contributed by atoms with van der Waals surface area (Å²) in [5, 5.41) is 12.2. The Morgan fingerprint density at radius 2 is 2.27 bits per heavy atom. The molecule has 7 heteroatoms. The Hall–Kier alpha value is 0.0300. The zero-order valence-corrected chi connectivity index (χ0v) is 9.56. The average Bonchev–Trinajstić information content (AvgIpc) is 2.50. The van der Waals surface area contributed by atoms with Gasteiger partial charge in [0.05, 0.1) is 12.7 Å². The van der Waals surface area contributed by atoms with E-state index in [-0.39, 0.29) is 25.2 Å². The van der Waals surface area contributed by atoms with Crippen LogP contribution in [0.4, 0.5) is 0 Å². The molecule has 4 N–H and O–H groups in total. The smallest absolute Gasteiger partial charge is 0.354 e. The van der Waals surface area contributed by atoms with Crippen molar-refractivity contribution in [2.75, 3.05) is 13.2 Å². The van der Waals surface area contributed by atoms with E-state index in [1.165, 1.54) is 0 Å². The fourth-order valence-corrected chi connectivity index (χ4v) is 2.36. The van der Waals surface area contributed by atoms with Crippen LogP contribution in [0, 0.1) is 0 Å². The molecule has 0 aromatic heterocycles. The molecule has 0 aliphatic carbocycles. The highest BCUT2D eigenvalue weighted by molar-refractivity contribution is 7.52. The summed E-state index contributed by atoms with van der Waals surface area (Å²) in [5.74, 6) is -1.03. The molecule has 1 unspecified atom stereocenters. The van der Waals surface area contributed by atoms with Crippen molar-refractivity contribution in [2.24, 2.45) is 0 Å². The van der Waals surface area contributed by atoms with E-state index in [1.54, 1.807) is 6.92 Å². The summed E-state index contributed by atoms with van der Waals surface area (Å²) in [6.07, 6.45) is 0.464. The molecule has 1 fully saturated rings. The SMILES string of the molecule is CCC(OC[C@@H]1C[C@@H](O)CN1)P(=O)(O)O. The van der Waals surface area contributed by atoms with Gasteiger partial charge in [0.15, 0.2) is 5.85 Å². The van der Waals surface area contributed by atoms with Crippen molar-refractivity contribution in [3.05, 3.63) is 0 Å². The van der Waals surface area contributed by atoms with E-state index in [2.05, 4.69) is 5.32 Å². The van der Waals surface area contributed by atoms with E-state index in [9.17, 15) is 9.67 Å². The van der Waals surface area contributed by atoms with Crippen molar-refractivity contribution in [3.63, 3.8) is 0 Å². The number of aliphatic hydroxyl groups is 1. The van der Waals surface area contributed by atoms with Crippen LogP contribution in [0.25, 0.3) is 0 Å². The number of aliphatic hydroxyl groups excluding tert-OH is 1. The zero-order chi connectivity index (χ0) is 11.5. The van der Waals surface area contributed by atoms with Crippen LogP contribution in [0.2, 0.25) is 0 Å². The molecule has 0 aromatic rings. The Kier molecular flexibility index (Phi) is 4.70. The van der Waals surface area contributed by atoms with Crippen molar-refractivity contribution in [2.45, 2.75) is 37.8 Å². The fourth-order valence-electron chi connectivity index (χ4n) is 1.60. The normalized spacial score (nSPS) is 29.3. The van der Waals surface area contributed by atoms with E-state index in [0.717, 1.165) is 0 Å². The lowest BCUT2D eigenvalue weighted by molar-refractivity contribution is 0.0676. The molecule has 1 aliphatic heterocycles. The molecule has 3 atom stereocenters. The molecule has 0 radical (unpaired) electrons. The molecule has 0 bridgehead atoms. The van der Waals surface area contributed by atoms with Crippen LogP contribution >= 0.6 is 7.60 Å². The predicted octanol–water partition coefficient (Wildman–Crippen LogP) is -0.360. The standard InChI is InChI=1S/C8H18NO5P/c1-2-8(15(11,12)13)14-5-6-3-7(10)4-9-6/h6-10H,2-5H2,1H3,(H2,11,12,13)/t6-,7+,8?/m0/s1. The number of hydrogen-bond donors (Lipinski definition) is 4. The van der Waals surface area contributed by atoms with Crippen LogP contribution in [-0.2, 0) is 9.30 Å². The Morgan fingerprint density at radius 1 is 1.60 bits per heavy atom. The molecule has 0 amide bonds. The third-order valence-corrected chi connectivity index (χ3v) is 3.68. The summed E-state index contributed by atoms with van der Waals surface area (Å²) in [4.78, 5) is 17.8. The van der Waals surface area contributed by atoms with Gasteiger partial charge in [0.1, 0.15) is 0 Å². The second kappa shape index (κ2) is 5.39. The molecule has 1 heterocycles. The highest BCUT2D eigenvalue weighted by atomic mass is 31.2. The van der Waals surface area contributed by atoms with Gasteiger partial charge in [-0.15, -0.1) is 0 Å². The zero-order valence-electron chi connectivity index (χ0n) is 8.67. The van der Waals surface area contributed by atoms with Gasteiger partial charge in [-0.1, -0.05) is 6.92 Å². The van der Waals surface area contributed by atoms with Crippen molar-refractivity contribution in [1.82, 2.24) is 5.32 Å². The van der Waals surface area contributed by atoms with E-state index in [0.29, 0.717) is 13.0 Å². The van der Waals surface area contributed by atoms with Crippen molar-refractivity contribution >= 4 is 7.60 Å². The molecule has 0 spiro atoms. The first-order valence-electron chi connectivity index (χ1n) is 5.01. The summed E-state index contributed by atoms with van der Waals surface area (Å²) in [6, 6.07) is -0.0133. The van der Waals surface area contributed by atoms with Crippen LogP contribution in [0.5, 0.6) is 0 Å². The maximum Gasteiger partial charge on any atom is 0.354 e. The van der Waals surface area contributed by atoms with E-state index in [1.807, 2.05) is 0 Å². The Labute approximate surface area is 88.8 Å². The van der Waals surface area contributed by atoms with Gasteiger partial charge in [-0.25, -0.2) is 0 Å². The first kappa shape index (κ1) is 13.1. The maximum atomic E-state index is 10.9. The molecule has 0 aromatic carbocycles. The second-order valence-electron chi connectivity index (χ2n) is 3.78. The van der Waals surface area contributed by atoms with Crippen LogP contribution < -0.4 is 5.32 Å². The monoisotopic (exact) mass is 239 g/mol. The lowest BCUT2D eigenvalue weighted by Crippen LogP contribution is -2.29. The maximum absolute atomic E-state index is 10.9. The Morgan fingerprint density at radius 3 is 2.67 bits per heavy atom. The largest absolute Gasteiger partial charge is 0.392 e. The number of rotatable bonds is 5. The van der Waals surface area contributed by atoms with Crippen molar-refractivity contribution < 1.29 is 24.2 Å². The third kappa shape index (κ3) is 4.18. The van der Waals surface area contributed by atoms with Gasteiger partial charge in [0, 0.05) is 12.6 Å². The predicted molar refractivity (Wildman–Crippen MR) is 54.5 cm³/mol. The molecule has 90 valence electrons. The molecule has 1 rings (SSSR count). The van der Waals surface area contributed by atoms with E-state index < -0.39 is 13.4 Å². The van der Waals surface area contributed by atoms with Gasteiger partial charge in [-0.2, -0.15) is 0 Å². The second-order valence-corrected chi connectivity index (χ2v) is 5.53. The summed E-state index contributed by atoms with van der Waals surface area (Å²) in [5.41, 5.74) is 0. The number of ether oxygens (including phenoxy) is 1. The van der Waals surface area contributed by atoms with Gasteiger partial charge in [-0.3, -0.25) is 4.57 Å². The Balaban J connectivity index is 2.32. The highest BCUT2D eigenvalue weighted by Crippen LogP contribution is 2.43. The first-order valence-corrected chi connectivity index (χ1v) is 6.70. The van der Waals surface area contributed by atoms with Gasteiger partial charge in [0.2, 0.25) is 0 Å². The average molecular weight is 239 g/mol. The van der Waals surface area contributed by atoms with E-state index >= 15 is 0 Å². The summed E-state index contributed by atoms with van der Waals surface area (Å²) in [7, 11) is -4.16. The van der Waals surface area contributed by atoms with Crippen LogP contribution in [0.3, 0.4) is 0 Å². The van der Waals surface area contributed by atoms with Crippen LogP contribution in [-0.4, -0.2) is 46.0 Å². The Bertz CT molecular complexity index is 243. The van der Waals surface area contributed by atoms with Crippen molar-refractivity contribution in [1.29, 1.82) is 0 Å². The third-order valence-electron chi connectivity index (χ3n) is 2.41. The molecule has 1 saturated heterocycles. The molecule has 0 saturated carbocycles. The van der Waals surface area contributed by atoms with E-state index in [4.69, 9.17) is 14.5 Å².